The van der Waals surface area contributed by atoms with Gasteiger partial charge in [-0.2, -0.15) is 0 Å². The number of aryl methyl sites for hydroxylation is 1. The Bertz CT molecular complexity index is 657. The van der Waals surface area contributed by atoms with Crippen molar-refractivity contribution >= 4 is 22.4 Å². The number of nitrogens with two attached hydrogens (primary N) is 1. The van der Waals surface area contributed by atoms with Crippen molar-refractivity contribution in [2.75, 3.05) is 0 Å². The first-order valence-electron chi connectivity index (χ1n) is 5.90. The van der Waals surface area contributed by atoms with E-state index in [2.05, 4.69) is 21.5 Å². The molecule has 3 aromatic heterocycles. The van der Waals surface area contributed by atoms with Gasteiger partial charge in [-0.3, -0.25) is 4.98 Å². The number of thiophene rings is 1. The van der Waals surface area contributed by atoms with E-state index in [9.17, 15) is 0 Å². The van der Waals surface area contributed by atoms with Crippen molar-refractivity contribution in [1.82, 2.24) is 14.5 Å². The molecule has 0 saturated heterocycles. The van der Waals surface area contributed by atoms with Crippen molar-refractivity contribution in [3.8, 4) is 0 Å². The highest BCUT2D eigenvalue weighted by Crippen LogP contribution is 2.26. The van der Waals surface area contributed by atoms with E-state index in [1.165, 1.54) is 0 Å². The minimum atomic E-state index is -0.169. The van der Waals surface area contributed by atoms with Gasteiger partial charge in [0.05, 0.1) is 17.8 Å². The molecular formula is C13H14N4S. The molecule has 92 valence electrons. The van der Waals surface area contributed by atoms with Crippen molar-refractivity contribution in [2.45, 2.75) is 19.5 Å². The molecule has 0 amide bonds. The second-order valence-electron chi connectivity index (χ2n) is 4.07. The summed E-state index contributed by atoms with van der Waals surface area (Å²) in [6.45, 7) is 2.96. The summed E-state index contributed by atoms with van der Waals surface area (Å²) in [7, 11) is 0. The van der Waals surface area contributed by atoms with Gasteiger partial charge in [0.2, 0.25) is 0 Å². The van der Waals surface area contributed by atoms with Gasteiger partial charge in [0.15, 0.2) is 0 Å². The molecule has 0 saturated carbocycles. The van der Waals surface area contributed by atoms with Crippen LogP contribution < -0.4 is 5.73 Å². The van der Waals surface area contributed by atoms with Crippen molar-refractivity contribution in [3.63, 3.8) is 0 Å². The largest absolute Gasteiger partial charge is 0.327 e. The Balaban J connectivity index is 2.16. The third-order valence-electron chi connectivity index (χ3n) is 3.02. The molecule has 0 spiro atoms. The van der Waals surface area contributed by atoms with E-state index in [1.807, 2.05) is 23.6 Å². The Labute approximate surface area is 109 Å². The number of pyridine rings is 1. The van der Waals surface area contributed by atoms with Gasteiger partial charge in [0, 0.05) is 17.6 Å². The maximum absolute atomic E-state index is 6.31. The van der Waals surface area contributed by atoms with E-state index in [0.717, 1.165) is 28.3 Å². The molecule has 0 aliphatic rings. The van der Waals surface area contributed by atoms with Crippen molar-refractivity contribution in [2.24, 2.45) is 5.73 Å². The number of hydrogen-bond donors (Lipinski definition) is 1. The Kier molecular flexibility index (Phi) is 2.85. The van der Waals surface area contributed by atoms with Crippen LogP contribution in [0, 0.1) is 0 Å². The second-order valence-corrected chi connectivity index (χ2v) is 5.05. The number of aromatic nitrogens is 3. The molecule has 3 heterocycles. The smallest absolute Gasteiger partial charge is 0.132 e. The molecule has 5 heteroatoms. The summed E-state index contributed by atoms with van der Waals surface area (Å²) in [5.41, 5.74) is 8.30. The molecule has 2 N–H and O–H groups in total. The van der Waals surface area contributed by atoms with Crippen LogP contribution in [-0.2, 0) is 6.54 Å². The summed E-state index contributed by atoms with van der Waals surface area (Å²) in [5.74, 6) is 0.906. The van der Waals surface area contributed by atoms with Crippen molar-refractivity contribution in [3.05, 3.63) is 46.7 Å². The monoisotopic (exact) mass is 258 g/mol. The summed E-state index contributed by atoms with van der Waals surface area (Å²) < 4.78 is 2.15. The molecule has 0 fully saturated rings. The lowest BCUT2D eigenvalue weighted by Gasteiger charge is -2.11. The van der Waals surface area contributed by atoms with Crippen LogP contribution in [0.3, 0.4) is 0 Å². The Morgan fingerprint density at radius 3 is 3.06 bits per heavy atom. The van der Waals surface area contributed by atoms with Gasteiger partial charge < -0.3 is 10.3 Å². The normalized spacial score (nSPS) is 13.0. The quantitative estimate of drug-likeness (QED) is 0.785. The average Bonchev–Trinajstić information content (AvgIpc) is 3.04. The van der Waals surface area contributed by atoms with Crippen LogP contribution in [0.25, 0.3) is 11.0 Å². The fraction of sp³-hybridized carbons (Fsp3) is 0.231. The Morgan fingerprint density at radius 1 is 1.44 bits per heavy atom. The van der Waals surface area contributed by atoms with E-state index < -0.39 is 0 Å². The molecule has 0 aliphatic carbocycles. The lowest BCUT2D eigenvalue weighted by Crippen LogP contribution is -2.16. The van der Waals surface area contributed by atoms with E-state index in [4.69, 9.17) is 5.73 Å². The summed E-state index contributed by atoms with van der Waals surface area (Å²) in [4.78, 5) is 9.86. The maximum atomic E-state index is 6.31. The van der Waals surface area contributed by atoms with E-state index in [-0.39, 0.29) is 6.04 Å². The van der Waals surface area contributed by atoms with Crippen LogP contribution in [-0.4, -0.2) is 14.5 Å². The predicted molar refractivity (Wildman–Crippen MR) is 73.6 cm³/mol. The number of rotatable bonds is 3. The standard InChI is InChI=1S/C13H14N4S/c1-2-17-10-5-6-15-8-9(10)16-13(17)12(14)11-4-3-7-18-11/h3-8,12H,2,14H2,1H3. The van der Waals surface area contributed by atoms with Gasteiger partial charge >= 0.3 is 0 Å². The van der Waals surface area contributed by atoms with Crippen molar-refractivity contribution < 1.29 is 0 Å². The van der Waals surface area contributed by atoms with Crippen LogP contribution in [0.5, 0.6) is 0 Å². The minimum Gasteiger partial charge on any atom is -0.327 e. The third kappa shape index (κ3) is 1.72. The fourth-order valence-electron chi connectivity index (χ4n) is 2.17. The number of nitrogens with zero attached hydrogens (tertiary/aromatic N) is 3. The number of hydrogen-bond acceptors (Lipinski definition) is 4. The SMILES string of the molecule is CCn1c(C(N)c2cccs2)nc2cnccc21. The van der Waals surface area contributed by atoms with Gasteiger partial charge in [-0.05, 0) is 24.4 Å². The number of fused-ring (bicyclic) bond motifs is 1. The van der Waals surface area contributed by atoms with Crippen LogP contribution in [0.4, 0.5) is 0 Å². The first kappa shape index (κ1) is 11.4. The second kappa shape index (κ2) is 4.51. The molecule has 1 atom stereocenters. The molecule has 0 bridgehead atoms. The summed E-state index contributed by atoms with van der Waals surface area (Å²) >= 11 is 1.66. The molecule has 1 unspecified atom stereocenters. The highest BCUT2D eigenvalue weighted by Gasteiger charge is 2.18. The zero-order valence-corrected chi connectivity index (χ0v) is 10.9. The summed E-state index contributed by atoms with van der Waals surface area (Å²) in [5, 5.41) is 2.04. The minimum absolute atomic E-state index is 0.169. The maximum Gasteiger partial charge on any atom is 0.132 e. The zero-order chi connectivity index (χ0) is 12.5. The summed E-state index contributed by atoms with van der Waals surface area (Å²) in [6, 6.07) is 5.88. The first-order chi connectivity index (χ1) is 8.81. The van der Waals surface area contributed by atoms with Crippen molar-refractivity contribution in [1.29, 1.82) is 0 Å². The molecule has 3 aromatic rings. The first-order valence-corrected chi connectivity index (χ1v) is 6.78. The average molecular weight is 258 g/mol. The molecule has 3 rings (SSSR count). The van der Waals surface area contributed by atoms with E-state index in [1.54, 1.807) is 23.7 Å². The fourth-order valence-corrected chi connectivity index (χ4v) is 2.89. The zero-order valence-electron chi connectivity index (χ0n) is 10.1. The van der Waals surface area contributed by atoms with Crippen LogP contribution in [0.2, 0.25) is 0 Å². The third-order valence-corrected chi connectivity index (χ3v) is 3.98. The molecule has 0 aliphatic heterocycles. The van der Waals surface area contributed by atoms with E-state index >= 15 is 0 Å². The van der Waals surface area contributed by atoms with Gasteiger partial charge in [0.25, 0.3) is 0 Å². The molecule has 0 aromatic carbocycles. The lowest BCUT2D eigenvalue weighted by atomic mass is 10.2. The Hall–Kier alpha value is -1.72. The number of imidazole rings is 1. The molecule has 0 radical (unpaired) electrons. The highest BCUT2D eigenvalue weighted by molar-refractivity contribution is 7.10. The van der Waals surface area contributed by atoms with E-state index in [0.29, 0.717) is 0 Å². The van der Waals surface area contributed by atoms with Gasteiger partial charge in [-0.25, -0.2) is 4.98 Å². The Morgan fingerprint density at radius 2 is 2.33 bits per heavy atom. The van der Waals surface area contributed by atoms with Crippen LogP contribution >= 0.6 is 11.3 Å². The van der Waals surface area contributed by atoms with Crippen LogP contribution in [0.15, 0.2) is 36.0 Å². The van der Waals surface area contributed by atoms with Crippen LogP contribution in [0.1, 0.15) is 23.7 Å². The topological polar surface area (TPSA) is 56.7 Å². The van der Waals surface area contributed by atoms with Gasteiger partial charge in [-0.15, -0.1) is 11.3 Å². The predicted octanol–water partition coefficient (Wildman–Crippen LogP) is 2.56. The summed E-state index contributed by atoms with van der Waals surface area (Å²) in [6.07, 6.45) is 3.57. The van der Waals surface area contributed by atoms with Gasteiger partial charge in [0.1, 0.15) is 11.3 Å². The van der Waals surface area contributed by atoms with Gasteiger partial charge in [-0.1, -0.05) is 6.07 Å². The molecule has 4 nitrogen and oxygen atoms in total. The molecular weight excluding hydrogens is 244 g/mol. The lowest BCUT2D eigenvalue weighted by molar-refractivity contribution is 0.677. The molecule has 18 heavy (non-hydrogen) atoms. The highest BCUT2D eigenvalue weighted by atomic mass is 32.1.